The third-order valence-electron chi connectivity index (χ3n) is 4.90. The standard InChI is InChI=1S/C21H24BrN3O2/c1-15(20(26)23-19-11-9-17(22)10-12-19)25-13-5-6-16(14-25)21(27)24-18-7-3-2-4-8-18/h2-4,7-12,15-16H,5-6,13-14H2,1H3,(H,23,26)(H,24,27). The van der Waals surface area contributed by atoms with E-state index < -0.39 is 0 Å². The maximum absolute atomic E-state index is 12.6. The Morgan fingerprint density at radius 2 is 1.70 bits per heavy atom. The molecule has 0 radical (unpaired) electrons. The molecule has 6 heteroatoms. The van der Waals surface area contributed by atoms with Crippen molar-refractivity contribution in [2.75, 3.05) is 23.7 Å². The molecule has 0 bridgehead atoms. The van der Waals surface area contributed by atoms with Crippen LogP contribution < -0.4 is 10.6 Å². The number of hydrogen-bond donors (Lipinski definition) is 2. The SMILES string of the molecule is CC(C(=O)Nc1ccc(Br)cc1)N1CCCC(C(=O)Nc2ccccc2)C1. The van der Waals surface area contributed by atoms with Gasteiger partial charge in [0.05, 0.1) is 12.0 Å². The fourth-order valence-electron chi connectivity index (χ4n) is 3.28. The van der Waals surface area contributed by atoms with E-state index >= 15 is 0 Å². The highest BCUT2D eigenvalue weighted by Gasteiger charge is 2.30. The Labute approximate surface area is 168 Å². The highest BCUT2D eigenvalue weighted by molar-refractivity contribution is 9.10. The van der Waals surface area contributed by atoms with Gasteiger partial charge in [-0.15, -0.1) is 0 Å². The van der Waals surface area contributed by atoms with E-state index in [2.05, 4.69) is 31.5 Å². The van der Waals surface area contributed by atoms with Gasteiger partial charge in [0, 0.05) is 22.4 Å². The maximum Gasteiger partial charge on any atom is 0.241 e. The zero-order valence-corrected chi connectivity index (χ0v) is 16.9. The highest BCUT2D eigenvalue weighted by atomic mass is 79.9. The molecule has 27 heavy (non-hydrogen) atoms. The summed E-state index contributed by atoms with van der Waals surface area (Å²) >= 11 is 3.39. The number of piperidine rings is 1. The lowest BCUT2D eigenvalue weighted by atomic mass is 9.95. The molecule has 3 rings (SSSR count). The third kappa shape index (κ3) is 5.40. The van der Waals surface area contributed by atoms with Crippen LogP contribution in [0.3, 0.4) is 0 Å². The maximum atomic E-state index is 12.6. The van der Waals surface area contributed by atoms with E-state index in [1.54, 1.807) is 0 Å². The summed E-state index contributed by atoms with van der Waals surface area (Å²) in [5.74, 6) is -0.144. The molecule has 1 aliphatic heterocycles. The highest BCUT2D eigenvalue weighted by Crippen LogP contribution is 2.21. The molecule has 0 spiro atoms. The Morgan fingerprint density at radius 3 is 2.41 bits per heavy atom. The molecule has 2 unspecified atom stereocenters. The average Bonchev–Trinajstić information content (AvgIpc) is 2.70. The van der Waals surface area contributed by atoms with Gasteiger partial charge < -0.3 is 10.6 Å². The van der Waals surface area contributed by atoms with E-state index in [4.69, 9.17) is 0 Å². The van der Waals surface area contributed by atoms with Crippen molar-refractivity contribution in [1.82, 2.24) is 4.90 Å². The summed E-state index contributed by atoms with van der Waals surface area (Å²) in [5, 5.41) is 5.92. The van der Waals surface area contributed by atoms with Crippen LogP contribution >= 0.6 is 15.9 Å². The minimum atomic E-state index is -0.291. The molecule has 1 aliphatic rings. The Bertz CT molecular complexity index is 780. The van der Waals surface area contributed by atoms with E-state index in [0.29, 0.717) is 6.54 Å². The van der Waals surface area contributed by atoms with Gasteiger partial charge in [-0.25, -0.2) is 0 Å². The number of carbonyl (C=O) groups excluding carboxylic acids is 2. The quantitative estimate of drug-likeness (QED) is 0.750. The van der Waals surface area contributed by atoms with E-state index in [1.165, 1.54) is 0 Å². The molecule has 142 valence electrons. The van der Waals surface area contributed by atoms with Crippen LogP contribution in [0.2, 0.25) is 0 Å². The molecular formula is C21H24BrN3O2. The molecule has 1 saturated heterocycles. The number of amides is 2. The number of halogens is 1. The van der Waals surface area contributed by atoms with Gasteiger partial charge in [0.1, 0.15) is 0 Å². The van der Waals surface area contributed by atoms with Crippen molar-refractivity contribution in [2.24, 2.45) is 5.92 Å². The lowest BCUT2D eigenvalue weighted by molar-refractivity contribution is -0.125. The smallest absolute Gasteiger partial charge is 0.241 e. The fraction of sp³-hybridized carbons (Fsp3) is 0.333. The van der Waals surface area contributed by atoms with Crippen molar-refractivity contribution in [2.45, 2.75) is 25.8 Å². The number of carbonyl (C=O) groups is 2. The number of rotatable bonds is 5. The fourth-order valence-corrected chi connectivity index (χ4v) is 3.55. The molecule has 2 aromatic carbocycles. The number of likely N-dealkylation sites (tertiary alicyclic amines) is 1. The van der Waals surface area contributed by atoms with Crippen LogP contribution in [0, 0.1) is 5.92 Å². The molecule has 0 aliphatic carbocycles. The molecule has 0 aromatic heterocycles. The van der Waals surface area contributed by atoms with Gasteiger partial charge in [-0.2, -0.15) is 0 Å². The van der Waals surface area contributed by atoms with E-state index in [1.807, 2.05) is 61.5 Å². The summed E-state index contributed by atoms with van der Waals surface area (Å²) in [7, 11) is 0. The first-order valence-electron chi connectivity index (χ1n) is 9.19. The van der Waals surface area contributed by atoms with Crippen LogP contribution in [0.25, 0.3) is 0 Å². The lowest BCUT2D eigenvalue weighted by Gasteiger charge is -2.35. The number of nitrogens with zero attached hydrogens (tertiary/aromatic N) is 1. The summed E-state index contributed by atoms with van der Waals surface area (Å²) in [6.07, 6.45) is 1.75. The number of nitrogens with one attached hydrogen (secondary N) is 2. The van der Waals surface area contributed by atoms with Crippen molar-refractivity contribution >= 4 is 39.1 Å². The predicted octanol–water partition coefficient (Wildman–Crippen LogP) is 4.13. The van der Waals surface area contributed by atoms with Gasteiger partial charge in [0.25, 0.3) is 0 Å². The molecule has 2 atom stereocenters. The lowest BCUT2D eigenvalue weighted by Crippen LogP contribution is -2.49. The van der Waals surface area contributed by atoms with Crippen molar-refractivity contribution < 1.29 is 9.59 Å². The first kappa shape index (κ1) is 19.6. The summed E-state index contributed by atoms with van der Waals surface area (Å²) < 4.78 is 0.969. The van der Waals surface area contributed by atoms with Gasteiger partial charge in [-0.1, -0.05) is 34.1 Å². The monoisotopic (exact) mass is 429 g/mol. The second-order valence-electron chi connectivity index (χ2n) is 6.86. The molecule has 5 nitrogen and oxygen atoms in total. The van der Waals surface area contributed by atoms with Gasteiger partial charge in [0.15, 0.2) is 0 Å². The van der Waals surface area contributed by atoms with Crippen LogP contribution in [0.1, 0.15) is 19.8 Å². The van der Waals surface area contributed by atoms with Crippen LogP contribution in [0.15, 0.2) is 59.1 Å². The molecule has 1 heterocycles. The van der Waals surface area contributed by atoms with Crippen molar-refractivity contribution in [3.8, 4) is 0 Å². The van der Waals surface area contributed by atoms with Crippen LogP contribution in [0.4, 0.5) is 11.4 Å². The van der Waals surface area contributed by atoms with Crippen LogP contribution in [-0.4, -0.2) is 35.8 Å². The minimum Gasteiger partial charge on any atom is -0.326 e. The van der Waals surface area contributed by atoms with Crippen LogP contribution in [0.5, 0.6) is 0 Å². The second kappa shape index (κ2) is 9.15. The zero-order chi connectivity index (χ0) is 19.2. The Kier molecular flexibility index (Phi) is 6.63. The molecule has 0 saturated carbocycles. The van der Waals surface area contributed by atoms with Gasteiger partial charge in [0.2, 0.25) is 11.8 Å². The number of benzene rings is 2. The summed E-state index contributed by atoms with van der Waals surface area (Å²) in [5.41, 5.74) is 1.58. The summed E-state index contributed by atoms with van der Waals surface area (Å²) in [4.78, 5) is 27.3. The van der Waals surface area contributed by atoms with Gasteiger partial charge >= 0.3 is 0 Å². The van der Waals surface area contributed by atoms with Crippen molar-refractivity contribution in [3.63, 3.8) is 0 Å². The topological polar surface area (TPSA) is 61.4 Å². The Balaban J connectivity index is 1.57. The van der Waals surface area contributed by atoms with Gasteiger partial charge in [-0.05, 0) is 62.7 Å². The number of para-hydroxylation sites is 1. The van der Waals surface area contributed by atoms with E-state index in [-0.39, 0.29) is 23.8 Å². The molecular weight excluding hydrogens is 406 g/mol. The Hall–Kier alpha value is -2.18. The van der Waals surface area contributed by atoms with Crippen molar-refractivity contribution in [3.05, 3.63) is 59.1 Å². The molecule has 2 N–H and O–H groups in total. The third-order valence-corrected chi connectivity index (χ3v) is 5.43. The minimum absolute atomic E-state index is 0.0198. The normalized spacial score (nSPS) is 18.5. The Morgan fingerprint density at radius 1 is 1.04 bits per heavy atom. The van der Waals surface area contributed by atoms with Crippen LogP contribution in [-0.2, 0) is 9.59 Å². The molecule has 2 aromatic rings. The number of anilines is 2. The first-order valence-corrected chi connectivity index (χ1v) is 9.98. The average molecular weight is 430 g/mol. The predicted molar refractivity (Wildman–Crippen MR) is 112 cm³/mol. The summed E-state index contributed by atoms with van der Waals surface area (Å²) in [6, 6.07) is 16.7. The first-order chi connectivity index (χ1) is 13.0. The molecule has 1 fully saturated rings. The van der Waals surface area contributed by atoms with Gasteiger partial charge in [-0.3, -0.25) is 14.5 Å². The molecule has 2 amide bonds. The largest absolute Gasteiger partial charge is 0.326 e. The van der Waals surface area contributed by atoms with E-state index in [9.17, 15) is 9.59 Å². The zero-order valence-electron chi connectivity index (χ0n) is 15.3. The summed E-state index contributed by atoms with van der Waals surface area (Å²) in [6.45, 7) is 3.31. The number of hydrogen-bond acceptors (Lipinski definition) is 3. The van der Waals surface area contributed by atoms with E-state index in [0.717, 1.165) is 35.2 Å². The van der Waals surface area contributed by atoms with Crippen molar-refractivity contribution in [1.29, 1.82) is 0 Å². The second-order valence-corrected chi connectivity index (χ2v) is 7.78.